The molecule has 102 valence electrons. The maximum atomic E-state index is 12.2. The Hall–Kier alpha value is -2.50. The van der Waals surface area contributed by atoms with Gasteiger partial charge in [0.05, 0.1) is 17.4 Å². The molecular weight excluding hydrogens is 269 g/mol. The minimum atomic E-state index is -4.70. The van der Waals surface area contributed by atoms with Crippen LogP contribution < -0.4 is 4.74 Å². The molecule has 3 aromatic rings. The SMILES string of the molecule is FC(F)(F)Oc1cccc(-n2ncc3ccccc32)c1. The Balaban J connectivity index is 2.04. The summed E-state index contributed by atoms with van der Waals surface area (Å²) in [6.07, 6.45) is -3.04. The molecule has 0 saturated heterocycles. The van der Waals surface area contributed by atoms with Gasteiger partial charge in [0, 0.05) is 11.5 Å². The molecule has 0 atom stereocenters. The number of rotatable bonds is 2. The van der Waals surface area contributed by atoms with E-state index in [1.807, 2.05) is 24.3 Å². The molecule has 2 aromatic carbocycles. The van der Waals surface area contributed by atoms with Crippen molar-refractivity contribution in [2.24, 2.45) is 0 Å². The average Bonchev–Trinajstić information content (AvgIpc) is 2.81. The Morgan fingerprint density at radius 1 is 1.00 bits per heavy atom. The van der Waals surface area contributed by atoms with E-state index in [0.717, 1.165) is 10.9 Å². The average molecular weight is 278 g/mol. The largest absolute Gasteiger partial charge is 0.573 e. The lowest BCUT2D eigenvalue weighted by atomic mass is 10.2. The highest BCUT2D eigenvalue weighted by molar-refractivity contribution is 5.80. The van der Waals surface area contributed by atoms with Gasteiger partial charge in [-0.3, -0.25) is 0 Å². The summed E-state index contributed by atoms with van der Waals surface area (Å²) in [5, 5.41) is 5.09. The molecule has 6 heteroatoms. The van der Waals surface area contributed by atoms with Crippen molar-refractivity contribution in [1.82, 2.24) is 9.78 Å². The van der Waals surface area contributed by atoms with Crippen LogP contribution in [0.5, 0.6) is 5.75 Å². The van der Waals surface area contributed by atoms with Crippen molar-refractivity contribution < 1.29 is 17.9 Å². The summed E-state index contributed by atoms with van der Waals surface area (Å²) in [6.45, 7) is 0. The minimum Gasteiger partial charge on any atom is -0.406 e. The standard InChI is InChI=1S/C14H9F3N2O/c15-14(16,17)20-12-6-3-5-11(8-12)19-13-7-2-1-4-10(13)9-18-19/h1-9H. The first-order valence-electron chi connectivity index (χ1n) is 5.82. The summed E-state index contributed by atoms with van der Waals surface area (Å²) in [4.78, 5) is 0. The van der Waals surface area contributed by atoms with E-state index in [-0.39, 0.29) is 5.75 Å². The Kier molecular flexibility index (Phi) is 2.85. The normalized spacial score (nSPS) is 11.8. The predicted octanol–water partition coefficient (Wildman–Crippen LogP) is 3.92. The third-order valence-electron chi connectivity index (χ3n) is 2.77. The van der Waals surface area contributed by atoms with E-state index in [9.17, 15) is 13.2 Å². The second-order valence-corrected chi connectivity index (χ2v) is 4.16. The van der Waals surface area contributed by atoms with E-state index in [4.69, 9.17) is 0 Å². The number of nitrogens with zero attached hydrogens (tertiary/aromatic N) is 2. The first-order valence-corrected chi connectivity index (χ1v) is 5.82. The van der Waals surface area contributed by atoms with Gasteiger partial charge in [0.15, 0.2) is 0 Å². The number of fused-ring (bicyclic) bond motifs is 1. The van der Waals surface area contributed by atoms with Crippen LogP contribution in [0.3, 0.4) is 0 Å². The fourth-order valence-electron chi connectivity index (χ4n) is 1.99. The topological polar surface area (TPSA) is 27.1 Å². The number of ether oxygens (including phenoxy) is 1. The van der Waals surface area contributed by atoms with Crippen LogP contribution in [0.15, 0.2) is 54.7 Å². The minimum absolute atomic E-state index is 0.269. The first kappa shape index (κ1) is 12.5. The zero-order valence-electron chi connectivity index (χ0n) is 10.1. The molecule has 0 aliphatic carbocycles. The molecule has 0 saturated carbocycles. The van der Waals surface area contributed by atoms with Crippen molar-refractivity contribution >= 4 is 10.9 Å². The molecule has 20 heavy (non-hydrogen) atoms. The first-order chi connectivity index (χ1) is 9.53. The van der Waals surface area contributed by atoms with Gasteiger partial charge >= 0.3 is 6.36 Å². The lowest BCUT2D eigenvalue weighted by Crippen LogP contribution is -2.17. The fourth-order valence-corrected chi connectivity index (χ4v) is 1.99. The highest BCUT2D eigenvalue weighted by Gasteiger charge is 2.31. The van der Waals surface area contributed by atoms with Crippen LogP contribution in [0.2, 0.25) is 0 Å². The van der Waals surface area contributed by atoms with Gasteiger partial charge < -0.3 is 4.74 Å². The summed E-state index contributed by atoms with van der Waals surface area (Å²) in [5.41, 5.74) is 1.32. The molecule has 0 fully saturated rings. The molecule has 0 aliphatic heterocycles. The molecular formula is C14H9F3N2O. The molecule has 0 radical (unpaired) electrons. The van der Waals surface area contributed by atoms with E-state index < -0.39 is 6.36 Å². The van der Waals surface area contributed by atoms with Gasteiger partial charge in [0.2, 0.25) is 0 Å². The van der Waals surface area contributed by atoms with Crippen molar-refractivity contribution in [1.29, 1.82) is 0 Å². The summed E-state index contributed by atoms with van der Waals surface area (Å²) < 4.78 is 42.2. The predicted molar refractivity (Wildman–Crippen MR) is 67.8 cm³/mol. The van der Waals surface area contributed by atoms with Crippen molar-refractivity contribution in [3.8, 4) is 11.4 Å². The second kappa shape index (κ2) is 4.56. The van der Waals surface area contributed by atoms with Gasteiger partial charge in [-0.2, -0.15) is 5.10 Å². The second-order valence-electron chi connectivity index (χ2n) is 4.16. The van der Waals surface area contributed by atoms with Gasteiger partial charge in [0.25, 0.3) is 0 Å². The molecule has 3 nitrogen and oxygen atoms in total. The van der Waals surface area contributed by atoms with Crippen LogP contribution in [-0.2, 0) is 0 Å². The summed E-state index contributed by atoms with van der Waals surface area (Å²) in [5.74, 6) is -0.269. The highest BCUT2D eigenvalue weighted by Crippen LogP contribution is 2.26. The molecule has 0 bridgehead atoms. The number of para-hydroxylation sites is 1. The molecule has 1 aromatic heterocycles. The lowest BCUT2D eigenvalue weighted by molar-refractivity contribution is -0.274. The van der Waals surface area contributed by atoms with E-state index >= 15 is 0 Å². The van der Waals surface area contributed by atoms with Crippen LogP contribution in [-0.4, -0.2) is 16.1 Å². The Morgan fingerprint density at radius 2 is 1.80 bits per heavy atom. The van der Waals surface area contributed by atoms with Gasteiger partial charge in [-0.25, -0.2) is 4.68 Å². The van der Waals surface area contributed by atoms with E-state index in [0.29, 0.717) is 5.69 Å². The zero-order chi connectivity index (χ0) is 14.2. The summed E-state index contributed by atoms with van der Waals surface area (Å²) in [7, 11) is 0. The molecule has 1 heterocycles. The van der Waals surface area contributed by atoms with E-state index in [2.05, 4.69) is 9.84 Å². The van der Waals surface area contributed by atoms with Crippen LogP contribution in [0.25, 0.3) is 16.6 Å². The lowest BCUT2D eigenvalue weighted by Gasteiger charge is -2.10. The van der Waals surface area contributed by atoms with Crippen molar-refractivity contribution in [2.75, 3.05) is 0 Å². The van der Waals surface area contributed by atoms with Crippen LogP contribution in [0, 0.1) is 0 Å². The molecule has 0 spiro atoms. The monoisotopic (exact) mass is 278 g/mol. The van der Waals surface area contributed by atoms with Gasteiger partial charge in [-0.1, -0.05) is 24.3 Å². The summed E-state index contributed by atoms with van der Waals surface area (Å²) in [6, 6.07) is 13.2. The molecule has 0 unspecified atom stereocenters. The maximum Gasteiger partial charge on any atom is 0.573 e. The number of benzene rings is 2. The smallest absolute Gasteiger partial charge is 0.406 e. The fraction of sp³-hybridized carbons (Fsp3) is 0.0714. The number of hydrogen-bond donors (Lipinski definition) is 0. The molecule has 0 aliphatic rings. The zero-order valence-corrected chi connectivity index (χ0v) is 10.1. The number of halogens is 3. The van der Waals surface area contributed by atoms with Crippen LogP contribution in [0.1, 0.15) is 0 Å². The Morgan fingerprint density at radius 3 is 2.60 bits per heavy atom. The molecule has 3 rings (SSSR count). The molecule has 0 N–H and O–H groups in total. The molecule has 0 amide bonds. The van der Waals surface area contributed by atoms with E-state index in [1.54, 1.807) is 16.9 Å². The number of alkyl halides is 3. The van der Waals surface area contributed by atoms with Gasteiger partial charge in [0.1, 0.15) is 5.75 Å². The third-order valence-corrected chi connectivity index (χ3v) is 2.77. The third kappa shape index (κ3) is 2.45. The van der Waals surface area contributed by atoms with Crippen molar-refractivity contribution in [2.45, 2.75) is 6.36 Å². The maximum absolute atomic E-state index is 12.2. The van der Waals surface area contributed by atoms with Gasteiger partial charge in [-0.05, 0) is 18.2 Å². The van der Waals surface area contributed by atoms with Crippen LogP contribution in [0.4, 0.5) is 13.2 Å². The van der Waals surface area contributed by atoms with Crippen molar-refractivity contribution in [3.05, 3.63) is 54.7 Å². The van der Waals surface area contributed by atoms with Gasteiger partial charge in [-0.15, -0.1) is 13.2 Å². The Labute approximate surface area is 112 Å². The summed E-state index contributed by atoms with van der Waals surface area (Å²) >= 11 is 0. The number of aromatic nitrogens is 2. The Bertz CT molecular complexity index is 749. The van der Waals surface area contributed by atoms with Crippen LogP contribution >= 0.6 is 0 Å². The highest BCUT2D eigenvalue weighted by atomic mass is 19.4. The number of hydrogen-bond acceptors (Lipinski definition) is 2. The van der Waals surface area contributed by atoms with E-state index in [1.165, 1.54) is 18.2 Å². The van der Waals surface area contributed by atoms with Crippen molar-refractivity contribution in [3.63, 3.8) is 0 Å². The quantitative estimate of drug-likeness (QED) is 0.710.